The molecule has 4 aromatic rings. The Kier molecular flexibility index (Phi) is 3.88. The van der Waals surface area contributed by atoms with Gasteiger partial charge in [0.15, 0.2) is 0 Å². The minimum Gasteiger partial charge on any atom is -0.352 e. The van der Waals surface area contributed by atoms with Gasteiger partial charge in [-0.25, -0.2) is 14.4 Å². The molecule has 0 radical (unpaired) electrons. The number of rotatable bonds is 3. The van der Waals surface area contributed by atoms with Gasteiger partial charge in [-0.15, -0.1) is 22.7 Å². The summed E-state index contributed by atoms with van der Waals surface area (Å²) in [6.07, 6.45) is 2.92. The number of fused-ring (bicyclic) bond motifs is 2. The van der Waals surface area contributed by atoms with E-state index in [1.165, 1.54) is 16.2 Å². The average Bonchev–Trinajstić information content (AvgIpc) is 3.34. The Bertz CT molecular complexity index is 1100. The van der Waals surface area contributed by atoms with Gasteiger partial charge in [0.2, 0.25) is 0 Å². The lowest BCUT2D eigenvalue weighted by molar-refractivity contribution is 0.602. The van der Waals surface area contributed by atoms with E-state index in [2.05, 4.69) is 33.6 Å². The monoisotopic (exact) mass is 384 g/mol. The fourth-order valence-corrected chi connectivity index (χ4v) is 5.57. The van der Waals surface area contributed by atoms with Gasteiger partial charge >= 0.3 is 0 Å². The molecule has 0 amide bonds. The molecule has 26 heavy (non-hydrogen) atoms. The van der Waals surface area contributed by atoms with Gasteiger partial charge in [0.25, 0.3) is 0 Å². The first-order valence-electron chi connectivity index (χ1n) is 8.60. The van der Waals surface area contributed by atoms with Gasteiger partial charge in [-0.1, -0.05) is 0 Å². The van der Waals surface area contributed by atoms with Crippen LogP contribution in [0.3, 0.4) is 0 Å². The topological polar surface area (TPSA) is 49.8 Å². The van der Waals surface area contributed by atoms with Crippen molar-refractivity contribution in [2.45, 2.75) is 25.3 Å². The second-order valence-corrected chi connectivity index (χ2v) is 8.59. The van der Waals surface area contributed by atoms with Crippen LogP contribution < -0.4 is 10.6 Å². The Morgan fingerprint density at radius 1 is 1.23 bits per heavy atom. The van der Waals surface area contributed by atoms with Gasteiger partial charge in [-0.05, 0) is 44.2 Å². The van der Waals surface area contributed by atoms with Crippen molar-refractivity contribution < 1.29 is 4.39 Å². The minimum atomic E-state index is -0.268. The molecule has 7 heteroatoms. The van der Waals surface area contributed by atoms with Crippen molar-refractivity contribution in [3.05, 3.63) is 46.7 Å². The lowest BCUT2D eigenvalue weighted by atomic mass is 10.00. The zero-order valence-corrected chi connectivity index (χ0v) is 15.8. The predicted octanol–water partition coefficient (Wildman–Crippen LogP) is 5.25. The molecule has 1 saturated heterocycles. The van der Waals surface area contributed by atoms with Crippen LogP contribution in [0.25, 0.3) is 20.4 Å². The normalized spacial score (nSPS) is 20.2. The number of pyridine rings is 1. The molecule has 1 aliphatic heterocycles. The molecule has 5 rings (SSSR count). The highest BCUT2D eigenvalue weighted by Gasteiger charge is 2.26. The lowest BCUT2D eigenvalue weighted by Gasteiger charge is -2.12. The summed E-state index contributed by atoms with van der Waals surface area (Å²) >= 11 is 3.18. The van der Waals surface area contributed by atoms with Crippen molar-refractivity contribution in [2.24, 2.45) is 0 Å². The van der Waals surface area contributed by atoms with Gasteiger partial charge in [0.1, 0.15) is 10.6 Å². The smallest absolute Gasteiger partial charge is 0.148 e. The van der Waals surface area contributed by atoms with Gasteiger partial charge < -0.3 is 10.6 Å². The second kappa shape index (κ2) is 6.26. The molecule has 1 aliphatic rings. The van der Waals surface area contributed by atoms with Crippen molar-refractivity contribution in [2.75, 3.05) is 11.9 Å². The van der Waals surface area contributed by atoms with Crippen LogP contribution in [-0.2, 0) is 0 Å². The van der Waals surface area contributed by atoms with Crippen molar-refractivity contribution in [1.29, 1.82) is 0 Å². The molecule has 0 aliphatic carbocycles. The summed E-state index contributed by atoms with van der Waals surface area (Å²) in [5.41, 5.74) is 3.87. The Morgan fingerprint density at radius 2 is 2.15 bits per heavy atom. The largest absolute Gasteiger partial charge is 0.352 e. The zero-order chi connectivity index (χ0) is 17.7. The number of thiophene rings is 1. The highest BCUT2D eigenvalue weighted by atomic mass is 32.1. The molecule has 1 aromatic carbocycles. The number of aromatic nitrogens is 2. The Hall–Kier alpha value is -2.09. The van der Waals surface area contributed by atoms with E-state index in [1.807, 2.05) is 6.07 Å². The average molecular weight is 385 g/mol. The maximum absolute atomic E-state index is 14.5. The molecule has 0 bridgehead atoms. The van der Waals surface area contributed by atoms with E-state index in [4.69, 9.17) is 0 Å². The Morgan fingerprint density at radius 3 is 3.00 bits per heavy atom. The molecule has 2 atom stereocenters. The molecule has 132 valence electrons. The number of hydrogen-bond acceptors (Lipinski definition) is 6. The van der Waals surface area contributed by atoms with Gasteiger partial charge in [-0.2, -0.15) is 0 Å². The minimum absolute atomic E-state index is 0.268. The van der Waals surface area contributed by atoms with Gasteiger partial charge in [0.05, 0.1) is 27.1 Å². The molecule has 0 saturated carbocycles. The number of anilines is 2. The van der Waals surface area contributed by atoms with Gasteiger partial charge in [-0.3, -0.25) is 0 Å². The standard InChI is InChI=1S/C19H17FN4S2/c1-10-11(2-4-21-10)17-6-12-14(3-5-22-19(12)26-17)24-15-8-16-18(7-13(15)20)25-9-23-16/h3,5-11,21H,2,4H2,1H3,(H,22,24)/t10-,11-/m0/s1. The molecule has 1 fully saturated rings. The fraction of sp³-hybridized carbons (Fsp3) is 0.263. The number of benzene rings is 1. The van der Waals surface area contributed by atoms with Crippen LogP contribution in [-0.4, -0.2) is 22.6 Å². The Labute approximate surface area is 158 Å². The van der Waals surface area contributed by atoms with Crippen LogP contribution >= 0.6 is 22.7 Å². The van der Waals surface area contributed by atoms with Gasteiger partial charge in [0, 0.05) is 28.4 Å². The maximum Gasteiger partial charge on any atom is 0.148 e. The molecule has 3 aromatic heterocycles. The molecule has 4 nitrogen and oxygen atoms in total. The summed E-state index contributed by atoms with van der Waals surface area (Å²) in [4.78, 5) is 11.1. The van der Waals surface area contributed by atoms with Crippen molar-refractivity contribution in [3.8, 4) is 0 Å². The fourth-order valence-electron chi connectivity index (χ4n) is 3.62. The van der Waals surface area contributed by atoms with Crippen LogP contribution in [0.2, 0.25) is 0 Å². The number of halogens is 1. The van der Waals surface area contributed by atoms with Crippen LogP contribution in [0, 0.1) is 5.82 Å². The van der Waals surface area contributed by atoms with E-state index < -0.39 is 0 Å². The van der Waals surface area contributed by atoms with Crippen LogP contribution in [0.5, 0.6) is 0 Å². The van der Waals surface area contributed by atoms with E-state index in [9.17, 15) is 4.39 Å². The highest BCUT2D eigenvalue weighted by Crippen LogP contribution is 2.39. The molecular formula is C19H17FN4S2. The summed E-state index contributed by atoms with van der Waals surface area (Å²) < 4.78 is 15.3. The quantitative estimate of drug-likeness (QED) is 0.506. The summed E-state index contributed by atoms with van der Waals surface area (Å²) in [6.45, 7) is 3.28. The first kappa shape index (κ1) is 16.1. The van der Waals surface area contributed by atoms with E-state index in [1.54, 1.807) is 35.2 Å². The van der Waals surface area contributed by atoms with Crippen molar-refractivity contribution in [1.82, 2.24) is 15.3 Å². The summed E-state index contributed by atoms with van der Waals surface area (Å²) in [5, 5.41) is 7.80. The number of hydrogen-bond donors (Lipinski definition) is 2. The predicted molar refractivity (Wildman–Crippen MR) is 107 cm³/mol. The Balaban J connectivity index is 1.55. The summed E-state index contributed by atoms with van der Waals surface area (Å²) in [5.74, 6) is 0.251. The third kappa shape index (κ3) is 2.67. The van der Waals surface area contributed by atoms with Crippen LogP contribution in [0.15, 0.2) is 36.0 Å². The highest BCUT2D eigenvalue weighted by molar-refractivity contribution is 7.18. The summed E-state index contributed by atoms with van der Waals surface area (Å²) in [7, 11) is 0. The molecular weight excluding hydrogens is 367 g/mol. The van der Waals surface area contributed by atoms with Crippen LogP contribution in [0.1, 0.15) is 24.1 Å². The lowest BCUT2D eigenvalue weighted by Crippen LogP contribution is -2.20. The third-order valence-corrected chi connectivity index (χ3v) is 7.00. The van der Waals surface area contributed by atoms with Crippen molar-refractivity contribution in [3.63, 3.8) is 0 Å². The number of nitrogens with zero attached hydrogens (tertiary/aromatic N) is 2. The number of thiazole rings is 1. The zero-order valence-electron chi connectivity index (χ0n) is 14.1. The molecule has 0 spiro atoms. The van der Waals surface area contributed by atoms with E-state index in [0.29, 0.717) is 17.6 Å². The van der Waals surface area contributed by atoms with E-state index in [-0.39, 0.29) is 5.82 Å². The van der Waals surface area contributed by atoms with Crippen LogP contribution in [0.4, 0.5) is 15.8 Å². The number of nitrogens with one attached hydrogen (secondary N) is 2. The molecule has 0 unspecified atom stereocenters. The first-order valence-corrected chi connectivity index (χ1v) is 10.3. The second-order valence-electron chi connectivity index (χ2n) is 6.64. The SMILES string of the molecule is C[C@@H]1NCC[C@@H]1c1cc2c(Nc3cc4ncsc4cc3F)ccnc2s1. The molecule has 4 heterocycles. The maximum atomic E-state index is 14.5. The van der Waals surface area contributed by atoms with Crippen molar-refractivity contribution >= 4 is 54.5 Å². The molecule has 2 N–H and O–H groups in total. The van der Waals surface area contributed by atoms with E-state index in [0.717, 1.165) is 39.1 Å². The van der Waals surface area contributed by atoms with E-state index >= 15 is 0 Å². The first-order chi connectivity index (χ1) is 12.7. The summed E-state index contributed by atoms with van der Waals surface area (Å²) in [6, 6.07) is 7.90. The third-order valence-electron chi connectivity index (χ3n) is 5.03.